The summed E-state index contributed by atoms with van der Waals surface area (Å²) in [6, 6.07) is 50.1. The van der Waals surface area contributed by atoms with Crippen LogP contribution in [0.2, 0.25) is 0 Å². The molecule has 0 amide bonds. The summed E-state index contributed by atoms with van der Waals surface area (Å²) in [5.74, 6) is 0. The van der Waals surface area contributed by atoms with Crippen LogP contribution >= 0.6 is 24.8 Å². The number of hydrogen-bond acceptors (Lipinski definition) is 0. The molecular formula is C43H38Cl2Zr. The summed E-state index contributed by atoms with van der Waals surface area (Å²) in [6.45, 7) is 0. The maximum atomic E-state index is 2.99. The summed E-state index contributed by atoms with van der Waals surface area (Å²) >= 11 is 1.60. The normalized spacial score (nSPS) is 11.3. The molecule has 0 heterocycles. The first kappa shape index (κ1) is 35.4. The van der Waals surface area contributed by atoms with Crippen LogP contribution in [-0.4, -0.2) is 3.21 Å². The zero-order valence-corrected chi connectivity index (χ0v) is 30.0. The summed E-state index contributed by atoms with van der Waals surface area (Å²) in [5, 5.41) is 10.8. The van der Waals surface area contributed by atoms with Gasteiger partial charge in [0.25, 0.3) is 0 Å². The van der Waals surface area contributed by atoms with Gasteiger partial charge < -0.3 is 0 Å². The quantitative estimate of drug-likeness (QED) is 0.119. The van der Waals surface area contributed by atoms with E-state index in [0.717, 1.165) is 6.42 Å². The van der Waals surface area contributed by atoms with Gasteiger partial charge in [0, 0.05) is 0 Å². The molecule has 0 saturated heterocycles. The van der Waals surface area contributed by atoms with E-state index in [1.807, 2.05) is 12.2 Å². The van der Waals surface area contributed by atoms with Gasteiger partial charge >= 0.3 is 125 Å². The van der Waals surface area contributed by atoms with Crippen LogP contribution < -0.4 is 0 Å². The fourth-order valence-electron chi connectivity index (χ4n) is 5.96. The van der Waals surface area contributed by atoms with Crippen LogP contribution in [0, 0.1) is 6.08 Å². The average molecular weight is 717 g/mol. The number of fused-ring (bicyclic) bond motifs is 8. The van der Waals surface area contributed by atoms with Crippen molar-refractivity contribution in [1.29, 1.82) is 0 Å². The summed E-state index contributed by atoms with van der Waals surface area (Å²) in [7, 11) is 0. The van der Waals surface area contributed by atoms with Crippen molar-refractivity contribution in [2.24, 2.45) is 0 Å². The van der Waals surface area contributed by atoms with Gasteiger partial charge in [0.15, 0.2) is 0 Å². The van der Waals surface area contributed by atoms with Crippen LogP contribution in [0.5, 0.6) is 0 Å². The predicted molar refractivity (Wildman–Crippen MR) is 203 cm³/mol. The maximum Gasteiger partial charge on any atom is -0.0255 e. The van der Waals surface area contributed by atoms with Gasteiger partial charge in [-0.05, 0) is 10.8 Å². The second kappa shape index (κ2) is 18.0. The Bertz CT molecular complexity index is 2000. The molecule has 0 atom stereocenters. The van der Waals surface area contributed by atoms with E-state index in [2.05, 4.69) is 152 Å². The van der Waals surface area contributed by atoms with Gasteiger partial charge in [-0.25, -0.2) is 12.2 Å². The van der Waals surface area contributed by atoms with Crippen LogP contribution in [0.3, 0.4) is 0 Å². The topological polar surface area (TPSA) is 0 Å². The molecule has 0 bridgehead atoms. The zero-order valence-electron chi connectivity index (χ0n) is 25.9. The molecule has 0 saturated carbocycles. The van der Waals surface area contributed by atoms with Gasteiger partial charge in [0.2, 0.25) is 0 Å². The van der Waals surface area contributed by atoms with Crippen LogP contribution in [0.25, 0.3) is 43.1 Å². The van der Waals surface area contributed by atoms with Crippen molar-refractivity contribution in [3.63, 3.8) is 0 Å². The molecule has 0 unspecified atom stereocenters. The number of aryl methyl sites for hydroxylation is 2. The summed E-state index contributed by atoms with van der Waals surface area (Å²) in [6.07, 6.45) is 14.9. The average Bonchev–Trinajstić information content (AvgIpc) is 3.81. The smallest absolute Gasteiger partial charge is 0.0255 e. The van der Waals surface area contributed by atoms with Gasteiger partial charge in [0.1, 0.15) is 0 Å². The number of halogens is 2. The first-order valence-electron chi connectivity index (χ1n) is 15.5. The summed E-state index contributed by atoms with van der Waals surface area (Å²) in [4.78, 5) is 0. The molecule has 7 aromatic carbocycles. The van der Waals surface area contributed by atoms with Crippen LogP contribution in [0.4, 0.5) is 0 Å². The van der Waals surface area contributed by atoms with Crippen molar-refractivity contribution in [3.8, 4) is 0 Å². The van der Waals surface area contributed by atoms with Crippen LogP contribution in [-0.2, 0) is 37.1 Å². The minimum atomic E-state index is 0. The third-order valence-corrected chi connectivity index (χ3v) is 9.43. The van der Waals surface area contributed by atoms with E-state index in [9.17, 15) is 0 Å². The van der Waals surface area contributed by atoms with Crippen molar-refractivity contribution in [2.45, 2.75) is 32.1 Å². The van der Waals surface area contributed by atoms with E-state index < -0.39 is 0 Å². The molecule has 228 valence electrons. The molecule has 0 fully saturated rings. The largest absolute Gasteiger partial charge is 0.126 e. The molecular weight excluding hydrogens is 679 g/mol. The monoisotopic (exact) mass is 714 g/mol. The van der Waals surface area contributed by atoms with Crippen molar-refractivity contribution < 1.29 is 24.2 Å². The zero-order chi connectivity index (χ0) is 30.0. The molecule has 0 N–H and O–H groups in total. The Hall–Kier alpha value is -3.48. The molecule has 3 heteroatoms. The molecule has 0 radical (unpaired) electrons. The first-order valence-corrected chi connectivity index (χ1v) is 16.7. The van der Waals surface area contributed by atoms with E-state index in [4.69, 9.17) is 0 Å². The van der Waals surface area contributed by atoms with Gasteiger partial charge in [-0.3, -0.25) is 6.08 Å². The third-order valence-electron chi connectivity index (χ3n) is 8.21. The molecule has 0 aliphatic heterocycles. The molecule has 0 spiro atoms. The predicted octanol–water partition coefficient (Wildman–Crippen LogP) is 12.1. The standard InChI is InChI=1S/C21H13.C17H18.C5H5.2ClH.Zr/c1-2-8-15-14(7-1)13-20-18-11-4-3-9-16(18)17-10-5-6-12-19(17)21(15)20;1-4-10-16(11-5-1)14-8-3-9-15-17-12-6-2-7-13-17;1-2-4-5-3-1;;;/h1-13H;1-2,4-7,10-13H,8-9,14-15H2;1-3H,4H2;2*1H;/q-1;;-1;;;+2. The number of allylic oxidation sites excluding steroid dienone is 4. The van der Waals surface area contributed by atoms with E-state index in [1.165, 1.54) is 79.9 Å². The summed E-state index contributed by atoms with van der Waals surface area (Å²) in [5.41, 5.74) is 2.91. The maximum absolute atomic E-state index is 2.99. The minimum absolute atomic E-state index is 0. The Morgan fingerprint density at radius 1 is 0.565 bits per heavy atom. The van der Waals surface area contributed by atoms with Crippen molar-refractivity contribution in [1.82, 2.24) is 0 Å². The number of benzene rings is 6. The molecule has 8 rings (SSSR count). The molecule has 0 nitrogen and oxygen atoms in total. The SMILES string of the molecule is Cl.Cl.[C-]1=CC=CC1.[Zr+2]=[C](CCc1ccccc1)CCc1ccccc1.c1ccc2c(c1)[cH-]c1c3ccccc3c3ccccc3c21. The Labute approximate surface area is 300 Å². The van der Waals surface area contributed by atoms with Gasteiger partial charge in [-0.15, -0.1) is 64.9 Å². The molecule has 0 aromatic heterocycles. The van der Waals surface area contributed by atoms with E-state index >= 15 is 0 Å². The second-order valence-electron chi connectivity index (χ2n) is 11.2. The molecule has 1 aliphatic rings. The van der Waals surface area contributed by atoms with E-state index in [-0.39, 0.29) is 24.8 Å². The fourth-order valence-corrected chi connectivity index (χ4v) is 6.57. The van der Waals surface area contributed by atoms with Gasteiger partial charge in [0.05, 0.1) is 0 Å². The van der Waals surface area contributed by atoms with Crippen molar-refractivity contribution >= 4 is 71.1 Å². The Morgan fingerprint density at radius 3 is 1.57 bits per heavy atom. The van der Waals surface area contributed by atoms with E-state index in [1.54, 1.807) is 27.4 Å². The van der Waals surface area contributed by atoms with Crippen molar-refractivity contribution in [2.75, 3.05) is 0 Å². The van der Waals surface area contributed by atoms with Gasteiger partial charge in [-0.2, -0.15) is 6.08 Å². The Kier molecular flexibility index (Phi) is 13.9. The molecule has 1 aliphatic carbocycles. The number of hydrogen-bond donors (Lipinski definition) is 0. The third kappa shape index (κ3) is 8.86. The minimum Gasteiger partial charge on any atom is -0.126 e. The Morgan fingerprint density at radius 2 is 1.04 bits per heavy atom. The van der Waals surface area contributed by atoms with Crippen molar-refractivity contribution in [3.05, 3.63) is 175 Å². The van der Waals surface area contributed by atoms with E-state index in [0.29, 0.717) is 0 Å². The van der Waals surface area contributed by atoms with Crippen LogP contribution in [0.1, 0.15) is 30.4 Å². The Balaban J connectivity index is 0.000000176. The summed E-state index contributed by atoms with van der Waals surface area (Å²) < 4.78 is 1.69. The molecule has 46 heavy (non-hydrogen) atoms. The van der Waals surface area contributed by atoms with Crippen LogP contribution in [0.15, 0.2) is 158 Å². The molecule has 7 aromatic rings. The number of rotatable bonds is 6. The first-order chi connectivity index (χ1) is 21.8. The fraction of sp³-hybridized carbons (Fsp3) is 0.116. The second-order valence-corrected chi connectivity index (χ2v) is 12.9. The van der Waals surface area contributed by atoms with Gasteiger partial charge in [-0.1, -0.05) is 77.5 Å².